The van der Waals surface area contributed by atoms with E-state index in [4.69, 9.17) is 5.26 Å². The van der Waals surface area contributed by atoms with Gasteiger partial charge in [0.2, 0.25) is 0 Å². The lowest BCUT2D eigenvalue weighted by Gasteiger charge is -1.98. The van der Waals surface area contributed by atoms with Crippen LogP contribution in [0.25, 0.3) is 0 Å². The Labute approximate surface area is 56.3 Å². The number of hydrogen-bond donors (Lipinski definition) is 0. The Kier molecular flexibility index (Phi) is 5.07. The molecule has 0 amide bonds. The van der Waals surface area contributed by atoms with Crippen LogP contribution in [0, 0.1) is 11.3 Å². The Hall–Kier alpha value is -0.660. The fourth-order valence-electron chi connectivity index (χ4n) is 0.300. The van der Waals surface area contributed by atoms with Gasteiger partial charge >= 0.3 is 0 Å². The maximum Gasteiger partial charge on any atom is 0.0908 e. The highest BCUT2D eigenvalue weighted by Gasteiger charge is 1.78. The molecule has 0 aromatic heterocycles. The zero-order valence-corrected chi connectivity index (χ0v) is 5.56. The van der Waals surface area contributed by atoms with Gasteiger partial charge in [-0.1, -0.05) is 17.2 Å². The van der Waals surface area contributed by atoms with Gasteiger partial charge in [-0.05, 0) is 6.42 Å². The van der Waals surface area contributed by atoms with Gasteiger partial charge in [-0.25, -0.2) is 0 Å². The van der Waals surface area contributed by atoms with Gasteiger partial charge in [0, 0.05) is 11.8 Å². The summed E-state index contributed by atoms with van der Waals surface area (Å²) in [4.78, 5) is 0. The smallest absolute Gasteiger partial charge is 0.0908 e. The molecule has 0 rings (SSSR count). The molecule has 1 atom stereocenters. The third kappa shape index (κ3) is 7.34. The third-order valence-corrected chi connectivity index (χ3v) is 1.21. The molecule has 0 heterocycles. The number of nitriles is 1. The Morgan fingerprint density at radius 2 is 2.44 bits per heavy atom. The summed E-state index contributed by atoms with van der Waals surface area (Å²) in [5.74, 6) is 0.0954. The Bertz CT molecular complexity index is 159. The molecule has 50 valence electrons. The topological polar surface area (TPSA) is 63.9 Å². The minimum Gasteiger partial charge on any atom is -0.772 e. The highest BCUT2D eigenvalue weighted by Crippen LogP contribution is 1.84. The number of hydrogen-bond acceptors (Lipinski definition) is 3. The molecule has 0 aromatic carbocycles. The van der Waals surface area contributed by atoms with Crippen LogP contribution in [0.3, 0.4) is 0 Å². The SMILES string of the molecule is N#CC=CCCS(=O)[O-]. The molecular weight excluding hydrogens is 138 g/mol. The van der Waals surface area contributed by atoms with Gasteiger partial charge in [0.25, 0.3) is 0 Å². The summed E-state index contributed by atoms with van der Waals surface area (Å²) in [6, 6.07) is 1.76. The van der Waals surface area contributed by atoms with Crippen molar-refractivity contribution in [1.29, 1.82) is 5.26 Å². The monoisotopic (exact) mass is 144 g/mol. The first-order valence-electron chi connectivity index (χ1n) is 2.38. The van der Waals surface area contributed by atoms with Crippen molar-refractivity contribution in [1.82, 2.24) is 0 Å². The zero-order chi connectivity index (χ0) is 7.11. The molecule has 0 aliphatic heterocycles. The predicted molar refractivity (Wildman–Crippen MR) is 33.2 cm³/mol. The Morgan fingerprint density at radius 1 is 1.78 bits per heavy atom. The molecule has 0 saturated carbocycles. The summed E-state index contributed by atoms with van der Waals surface area (Å²) in [6.07, 6.45) is 3.21. The highest BCUT2D eigenvalue weighted by molar-refractivity contribution is 7.79. The van der Waals surface area contributed by atoms with E-state index in [2.05, 4.69) is 0 Å². The summed E-state index contributed by atoms with van der Waals surface area (Å²) in [7, 11) is 0. The minimum atomic E-state index is -1.98. The van der Waals surface area contributed by atoms with Gasteiger partial charge in [0.15, 0.2) is 0 Å². The zero-order valence-electron chi connectivity index (χ0n) is 4.74. The molecule has 0 aromatic rings. The molecule has 3 nitrogen and oxygen atoms in total. The first-order valence-corrected chi connectivity index (χ1v) is 3.62. The van der Waals surface area contributed by atoms with Crippen molar-refractivity contribution in [3.63, 3.8) is 0 Å². The van der Waals surface area contributed by atoms with Crippen LogP contribution in [0.1, 0.15) is 6.42 Å². The van der Waals surface area contributed by atoms with Crippen LogP contribution in [0.5, 0.6) is 0 Å². The summed E-state index contributed by atoms with van der Waals surface area (Å²) in [6.45, 7) is 0. The molecule has 1 unspecified atom stereocenters. The molecule has 0 fully saturated rings. The second kappa shape index (κ2) is 5.48. The van der Waals surface area contributed by atoms with E-state index in [1.165, 1.54) is 12.2 Å². The van der Waals surface area contributed by atoms with E-state index in [1.54, 1.807) is 6.07 Å². The van der Waals surface area contributed by atoms with Gasteiger partial charge < -0.3 is 4.55 Å². The fourth-order valence-corrected chi connectivity index (χ4v) is 0.629. The van der Waals surface area contributed by atoms with Gasteiger partial charge in [0.05, 0.1) is 6.07 Å². The third-order valence-electron chi connectivity index (χ3n) is 0.644. The highest BCUT2D eigenvalue weighted by atomic mass is 32.2. The van der Waals surface area contributed by atoms with Crippen molar-refractivity contribution in [3.8, 4) is 6.07 Å². The Balaban J connectivity index is 3.22. The van der Waals surface area contributed by atoms with Crippen LogP contribution in [-0.4, -0.2) is 14.5 Å². The predicted octanol–water partition coefficient (Wildman–Crippen LogP) is 0.335. The lowest BCUT2D eigenvalue weighted by atomic mass is 10.4. The first kappa shape index (κ1) is 8.34. The van der Waals surface area contributed by atoms with Gasteiger partial charge in [-0.3, -0.25) is 4.21 Å². The van der Waals surface area contributed by atoms with E-state index >= 15 is 0 Å². The fraction of sp³-hybridized carbons (Fsp3) is 0.400. The molecule has 0 bridgehead atoms. The maximum absolute atomic E-state index is 9.85. The molecule has 4 heteroatoms. The van der Waals surface area contributed by atoms with Crippen LogP contribution in [0.2, 0.25) is 0 Å². The standard InChI is InChI=1S/C5H7NO2S/c6-4-2-1-3-5-9(7)8/h1-2H,3,5H2,(H,7,8)/p-1. The van der Waals surface area contributed by atoms with Gasteiger partial charge in [0.1, 0.15) is 0 Å². The maximum atomic E-state index is 9.85. The lowest BCUT2D eigenvalue weighted by molar-refractivity contribution is 0.537. The molecule has 0 radical (unpaired) electrons. The van der Waals surface area contributed by atoms with Gasteiger partial charge in [-0.2, -0.15) is 5.26 Å². The average molecular weight is 144 g/mol. The van der Waals surface area contributed by atoms with Crippen molar-refractivity contribution in [2.24, 2.45) is 0 Å². The normalized spacial score (nSPS) is 13.3. The quantitative estimate of drug-likeness (QED) is 0.423. The van der Waals surface area contributed by atoms with E-state index in [-0.39, 0.29) is 5.75 Å². The summed E-state index contributed by atoms with van der Waals surface area (Å²) in [5, 5.41) is 7.94. The second-order valence-corrected chi connectivity index (χ2v) is 2.34. The molecule has 9 heavy (non-hydrogen) atoms. The van der Waals surface area contributed by atoms with Crippen molar-refractivity contribution >= 4 is 11.1 Å². The summed E-state index contributed by atoms with van der Waals surface area (Å²) >= 11 is -1.98. The molecule has 0 N–H and O–H groups in total. The van der Waals surface area contributed by atoms with Crippen LogP contribution < -0.4 is 0 Å². The summed E-state index contributed by atoms with van der Waals surface area (Å²) < 4.78 is 19.7. The number of nitrogens with zero attached hydrogens (tertiary/aromatic N) is 1. The average Bonchev–Trinajstić information content (AvgIpc) is 1.80. The molecular formula is C5H6NO2S-. The van der Waals surface area contributed by atoms with Crippen molar-refractivity contribution < 1.29 is 8.76 Å². The van der Waals surface area contributed by atoms with E-state index in [0.717, 1.165) is 0 Å². The largest absolute Gasteiger partial charge is 0.772 e. The van der Waals surface area contributed by atoms with Crippen molar-refractivity contribution in [2.75, 3.05) is 5.75 Å². The van der Waals surface area contributed by atoms with E-state index < -0.39 is 11.1 Å². The van der Waals surface area contributed by atoms with E-state index in [9.17, 15) is 8.76 Å². The number of allylic oxidation sites excluding steroid dienone is 2. The lowest BCUT2D eigenvalue weighted by Crippen LogP contribution is -1.91. The van der Waals surface area contributed by atoms with Crippen LogP contribution in [0.15, 0.2) is 12.2 Å². The van der Waals surface area contributed by atoms with Gasteiger partial charge in [-0.15, -0.1) is 0 Å². The molecule has 0 aliphatic carbocycles. The molecule has 0 spiro atoms. The first-order chi connectivity index (χ1) is 4.27. The second-order valence-electron chi connectivity index (χ2n) is 1.33. The van der Waals surface area contributed by atoms with Crippen molar-refractivity contribution in [3.05, 3.63) is 12.2 Å². The van der Waals surface area contributed by atoms with Crippen LogP contribution in [0.4, 0.5) is 0 Å². The summed E-state index contributed by atoms with van der Waals surface area (Å²) in [5.41, 5.74) is 0. The van der Waals surface area contributed by atoms with E-state index in [1.807, 2.05) is 0 Å². The minimum absolute atomic E-state index is 0.0954. The molecule has 0 aliphatic rings. The van der Waals surface area contributed by atoms with Crippen LogP contribution >= 0.6 is 0 Å². The number of rotatable bonds is 3. The van der Waals surface area contributed by atoms with Crippen molar-refractivity contribution in [2.45, 2.75) is 6.42 Å². The molecule has 0 saturated heterocycles. The Morgan fingerprint density at radius 3 is 2.89 bits per heavy atom. The van der Waals surface area contributed by atoms with Crippen LogP contribution in [-0.2, 0) is 11.1 Å². The van der Waals surface area contributed by atoms with E-state index in [0.29, 0.717) is 6.42 Å².